The largest absolute Gasteiger partial charge is 0.456 e. The lowest BCUT2D eigenvalue weighted by molar-refractivity contribution is 0.590. The zero-order valence-electron chi connectivity index (χ0n) is 36.2. The van der Waals surface area contributed by atoms with Gasteiger partial charge in [-0.05, 0) is 114 Å². The Balaban J connectivity index is 1.16. The van der Waals surface area contributed by atoms with Gasteiger partial charge in [-0.3, -0.25) is 0 Å². The van der Waals surface area contributed by atoms with Crippen molar-refractivity contribution >= 4 is 72.9 Å². The van der Waals surface area contributed by atoms with Crippen molar-refractivity contribution in [2.45, 2.75) is 64.7 Å². The minimum absolute atomic E-state index is 0.0366. The molecule has 296 valence electrons. The number of furan rings is 1. The van der Waals surface area contributed by atoms with E-state index in [1.54, 1.807) is 0 Å². The van der Waals surface area contributed by atoms with Gasteiger partial charge in [-0.25, -0.2) is 0 Å². The molecule has 0 saturated carbocycles. The molecular formula is C58H45BN2O. The van der Waals surface area contributed by atoms with E-state index in [0.717, 1.165) is 21.9 Å². The van der Waals surface area contributed by atoms with Gasteiger partial charge in [0.1, 0.15) is 11.2 Å². The molecule has 2 aliphatic heterocycles. The molecule has 0 N–H and O–H groups in total. The Kier molecular flexibility index (Phi) is 6.29. The molecule has 4 heteroatoms. The smallest absolute Gasteiger partial charge is 0.333 e. The van der Waals surface area contributed by atoms with E-state index in [1.807, 2.05) is 0 Å². The van der Waals surface area contributed by atoms with Crippen molar-refractivity contribution in [3.8, 4) is 39.1 Å². The fourth-order valence-corrected chi connectivity index (χ4v) is 12.4. The van der Waals surface area contributed by atoms with Crippen molar-refractivity contribution in [1.82, 2.24) is 4.57 Å². The fraction of sp³-hybridized carbons (Fsp3) is 0.172. The summed E-state index contributed by atoms with van der Waals surface area (Å²) in [5.41, 5.74) is 25.4. The van der Waals surface area contributed by atoms with Crippen LogP contribution in [0, 0.1) is 0 Å². The summed E-state index contributed by atoms with van der Waals surface area (Å²) in [5, 5.41) is 4.91. The first kappa shape index (κ1) is 34.9. The van der Waals surface area contributed by atoms with E-state index in [0.29, 0.717) is 0 Å². The zero-order valence-corrected chi connectivity index (χ0v) is 36.2. The topological polar surface area (TPSA) is 21.3 Å². The first-order valence-electron chi connectivity index (χ1n) is 22.3. The fourth-order valence-electron chi connectivity index (χ4n) is 12.4. The first-order valence-corrected chi connectivity index (χ1v) is 22.3. The zero-order chi connectivity index (χ0) is 41.8. The van der Waals surface area contributed by atoms with E-state index in [9.17, 15) is 0 Å². The predicted molar refractivity (Wildman–Crippen MR) is 261 cm³/mol. The molecule has 2 aromatic heterocycles. The second kappa shape index (κ2) is 11.2. The molecule has 2 aliphatic carbocycles. The maximum absolute atomic E-state index is 6.73. The third kappa shape index (κ3) is 4.14. The Bertz CT molecular complexity index is 3680. The van der Waals surface area contributed by atoms with Gasteiger partial charge in [-0.1, -0.05) is 146 Å². The third-order valence-electron chi connectivity index (χ3n) is 15.5. The van der Waals surface area contributed by atoms with Crippen LogP contribution in [-0.4, -0.2) is 11.4 Å². The molecular weight excluding hydrogens is 751 g/mol. The van der Waals surface area contributed by atoms with Crippen molar-refractivity contribution in [3.05, 3.63) is 173 Å². The van der Waals surface area contributed by atoms with Gasteiger partial charge >= 0.3 is 6.85 Å². The van der Waals surface area contributed by atoms with Crippen LogP contribution in [-0.2, 0) is 16.2 Å². The average molecular weight is 797 g/mol. The van der Waals surface area contributed by atoms with Gasteiger partial charge in [-0.15, -0.1) is 0 Å². The third-order valence-corrected chi connectivity index (χ3v) is 15.5. The van der Waals surface area contributed by atoms with Gasteiger partial charge in [0.15, 0.2) is 0 Å². The maximum Gasteiger partial charge on any atom is 0.333 e. The number of hydrogen-bond acceptors (Lipinski definition) is 2. The second-order valence-corrected chi connectivity index (χ2v) is 20.5. The van der Waals surface area contributed by atoms with Crippen LogP contribution in [0.2, 0.25) is 0 Å². The summed E-state index contributed by atoms with van der Waals surface area (Å²) in [6.07, 6.45) is 0. The van der Waals surface area contributed by atoms with E-state index >= 15 is 0 Å². The SMILES string of the molecule is CC(C)(C)c1ccc(N2B3c4cc5c(cc4-n4c6cc7c(cc6c6ccc(c3c64)-c3cc4c(cc32)-c2ccccc2C4(C)C)C(C)(C)c2ccccc2-7)oc2ccccc25)cc1. The van der Waals surface area contributed by atoms with Crippen LogP contribution < -0.4 is 15.7 Å². The van der Waals surface area contributed by atoms with E-state index < -0.39 is 0 Å². The molecule has 0 saturated heterocycles. The summed E-state index contributed by atoms with van der Waals surface area (Å²) in [5.74, 6) is 0. The maximum atomic E-state index is 6.73. The van der Waals surface area contributed by atoms with Gasteiger partial charge in [0, 0.05) is 61.1 Å². The summed E-state index contributed by atoms with van der Waals surface area (Å²) in [7, 11) is 0. The molecule has 0 bridgehead atoms. The quantitative estimate of drug-likeness (QED) is 0.154. The number of rotatable bonds is 1. The molecule has 0 unspecified atom stereocenters. The summed E-state index contributed by atoms with van der Waals surface area (Å²) in [6.45, 7) is 16.4. The molecule has 8 aromatic carbocycles. The summed E-state index contributed by atoms with van der Waals surface area (Å²) in [4.78, 5) is 2.69. The highest BCUT2D eigenvalue weighted by molar-refractivity contribution is 6.94. The second-order valence-electron chi connectivity index (χ2n) is 20.5. The molecule has 62 heavy (non-hydrogen) atoms. The van der Waals surface area contributed by atoms with Crippen LogP contribution in [0.15, 0.2) is 150 Å². The highest BCUT2D eigenvalue weighted by Gasteiger charge is 2.47. The standard InChI is InChI=1S/C58H45BN2O/c1-56(2,3)32-20-22-33(23-21-32)61-50-30-40-35-15-9-12-18-45(35)57(4,5)46(40)26-41(50)37-24-25-38-42-27-47-39(34-14-8-11-17-44(34)58(47,6)7)29-49(42)60-51-31-53-43(36-16-10-13-19-52(36)62-53)28-48(51)59(61)54(37)55(38)60/h8-31H,1-7H3. The van der Waals surface area contributed by atoms with E-state index in [4.69, 9.17) is 4.42 Å². The molecule has 0 atom stereocenters. The Morgan fingerprint density at radius 3 is 1.87 bits per heavy atom. The Morgan fingerprint density at radius 2 is 1.15 bits per heavy atom. The molecule has 4 aliphatic rings. The number of aromatic nitrogens is 1. The van der Waals surface area contributed by atoms with Crippen molar-refractivity contribution in [1.29, 1.82) is 0 Å². The Morgan fingerprint density at radius 1 is 0.484 bits per heavy atom. The Labute approximate surface area is 362 Å². The van der Waals surface area contributed by atoms with Crippen LogP contribution in [0.3, 0.4) is 0 Å². The van der Waals surface area contributed by atoms with E-state index in [2.05, 4.69) is 203 Å². The van der Waals surface area contributed by atoms with Gasteiger partial charge in [-0.2, -0.15) is 0 Å². The first-order chi connectivity index (χ1) is 29.9. The normalized spacial score (nSPS) is 15.9. The van der Waals surface area contributed by atoms with Crippen LogP contribution in [0.25, 0.3) is 82.8 Å². The lowest BCUT2D eigenvalue weighted by Gasteiger charge is -2.42. The summed E-state index contributed by atoms with van der Waals surface area (Å²) >= 11 is 0. The number of benzene rings is 8. The van der Waals surface area contributed by atoms with Crippen molar-refractivity contribution in [3.63, 3.8) is 0 Å². The number of nitrogens with zero attached hydrogens (tertiary/aromatic N) is 2. The molecule has 10 aromatic rings. The molecule has 4 heterocycles. The lowest BCUT2D eigenvalue weighted by Crippen LogP contribution is -2.60. The monoisotopic (exact) mass is 796 g/mol. The van der Waals surface area contributed by atoms with Gasteiger partial charge in [0.05, 0.1) is 11.0 Å². The number of fused-ring (bicyclic) bond motifs is 17. The van der Waals surface area contributed by atoms with Crippen LogP contribution in [0.5, 0.6) is 0 Å². The van der Waals surface area contributed by atoms with Gasteiger partial charge in [0.2, 0.25) is 0 Å². The predicted octanol–water partition coefficient (Wildman–Crippen LogP) is 13.8. The summed E-state index contributed by atoms with van der Waals surface area (Å²) < 4.78 is 9.34. The van der Waals surface area contributed by atoms with E-state index in [1.165, 1.54) is 111 Å². The summed E-state index contributed by atoms with van der Waals surface area (Å²) in [6, 6.07) is 55.9. The molecule has 0 amide bonds. The average Bonchev–Trinajstić information content (AvgIpc) is 3.94. The molecule has 0 radical (unpaired) electrons. The van der Waals surface area contributed by atoms with Gasteiger partial charge in [0.25, 0.3) is 0 Å². The lowest BCUT2D eigenvalue weighted by atomic mass is 9.44. The van der Waals surface area contributed by atoms with E-state index in [-0.39, 0.29) is 23.1 Å². The molecule has 0 fully saturated rings. The van der Waals surface area contributed by atoms with Crippen LogP contribution >= 0.6 is 0 Å². The minimum atomic E-state index is -0.128. The van der Waals surface area contributed by atoms with Crippen molar-refractivity contribution in [2.24, 2.45) is 0 Å². The van der Waals surface area contributed by atoms with Gasteiger partial charge < -0.3 is 13.8 Å². The van der Waals surface area contributed by atoms with Crippen molar-refractivity contribution < 1.29 is 4.42 Å². The van der Waals surface area contributed by atoms with Crippen LogP contribution in [0.1, 0.15) is 76.3 Å². The van der Waals surface area contributed by atoms with Crippen molar-refractivity contribution in [2.75, 3.05) is 4.81 Å². The molecule has 0 spiro atoms. The molecule has 3 nitrogen and oxygen atoms in total. The highest BCUT2D eigenvalue weighted by Crippen LogP contribution is 2.56. The number of para-hydroxylation sites is 1. The highest BCUT2D eigenvalue weighted by atomic mass is 16.3. The number of anilines is 2. The minimum Gasteiger partial charge on any atom is -0.456 e. The molecule has 14 rings (SSSR count). The van der Waals surface area contributed by atoms with Crippen LogP contribution in [0.4, 0.5) is 11.4 Å². The number of hydrogen-bond donors (Lipinski definition) is 0. The Hall–Kier alpha value is -6.78.